The molecule has 0 atom stereocenters. The van der Waals surface area contributed by atoms with Gasteiger partial charge < -0.3 is 20.0 Å². The standard InChI is InChI=1S/C20H19N3O5/c1-11-12(2)23-10-15(19(26)28-20(21)27)14(17(25)18(23)22-11)8-9-16(24)13-6-4-3-5-7-13/h3-7,10,25H,8-9H2,1-2H3,(H2,21,27). The summed E-state index contributed by atoms with van der Waals surface area (Å²) in [6.45, 7) is 3.54. The minimum absolute atomic E-state index is 0.0449. The summed E-state index contributed by atoms with van der Waals surface area (Å²) in [6, 6.07) is 8.69. The van der Waals surface area contributed by atoms with Crippen LogP contribution in [0.15, 0.2) is 36.5 Å². The highest BCUT2D eigenvalue weighted by atomic mass is 16.6. The molecule has 2 aromatic heterocycles. The highest BCUT2D eigenvalue weighted by Crippen LogP contribution is 2.30. The normalized spacial score (nSPS) is 10.8. The van der Waals surface area contributed by atoms with Gasteiger partial charge in [0, 0.05) is 29.4 Å². The smallest absolute Gasteiger partial charge is 0.412 e. The molecule has 8 nitrogen and oxygen atoms in total. The van der Waals surface area contributed by atoms with Crippen molar-refractivity contribution in [3.05, 3.63) is 64.6 Å². The van der Waals surface area contributed by atoms with Crippen LogP contribution in [0.2, 0.25) is 0 Å². The first kappa shape index (κ1) is 19.1. The molecular formula is C20H19N3O5. The number of benzene rings is 1. The lowest BCUT2D eigenvalue weighted by Gasteiger charge is -2.12. The van der Waals surface area contributed by atoms with Gasteiger partial charge in [0.25, 0.3) is 0 Å². The molecular weight excluding hydrogens is 362 g/mol. The van der Waals surface area contributed by atoms with Crippen LogP contribution in [-0.2, 0) is 11.2 Å². The Balaban J connectivity index is 2.03. The minimum Gasteiger partial charge on any atom is -0.504 e. The number of imidazole rings is 1. The molecule has 0 fully saturated rings. The maximum atomic E-state index is 12.4. The van der Waals surface area contributed by atoms with E-state index in [2.05, 4.69) is 9.72 Å². The molecule has 2 heterocycles. The number of hydrogen-bond acceptors (Lipinski definition) is 6. The fraction of sp³-hybridized carbons (Fsp3) is 0.200. The van der Waals surface area contributed by atoms with Gasteiger partial charge in [-0.2, -0.15) is 0 Å². The largest absolute Gasteiger partial charge is 0.504 e. The Bertz CT molecular complexity index is 1090. The SMILES string of the molecule is Cc1nc2c(O)c(CCC(=O)c3ccccc3)c(C(=O)OC(N)=O)cn2c1C. The first-order valence-electron chi connectivity index (χ1n) is 8.59. The third kappa shape index (κ3) is 3.57. The number of nitrogens with zero attached hydrogens (tertiary/aromatic N) is 2. The lowest BCUT2D eigenvalue weighted by molar-refractivity contribution is 0.0635. The zero-order valence-electron chi connectivity index (χ0n) is 15.4. The first-order valence-corrected chi connectivity index (χ1v) is 8.59. The fourth-order valence-electron chi connectivity index (χ4n) is 3.00. The number of fused-ring (bicyclic) bond motifs is 1. The number of esters is 1. The molecule has 0 aliphatic carbocycles. The van der Waals surface area contributed by atoms with Gasteiger partial charge in [-0.1, -0.05) is 30.3 Å². The van der Waals surface area contributed by atoms with Crippen molar-refractivity contribution in [2.75, 3.05) is 0 Å². The number of nitrogens with two attached hydrogens (primary N) is 1. The van der Waals surface area contributed by atoms with Crippen LogP contribution in [0, 0.1) is 13.8 Å². The van der Waals surface area contributed by atoms with E-state index in [4.69, 9.17) is 5.73 Å². The Morgan fingerprint density at radius 2 is 1.86 bits per heavy atom. The van der Waals surface area contributed by atoms with Crippen LogP contribution in [-0.4, -0.2) is 32.3 Å². The molecule has 0 unspecified atom stereocenters. The van der Waals surface area contributed by atoms with Crippen LogP contribution in [0.3, 0.4) is 0 Å². The van der Waals surface area contributed by atoms with Crippen molar-refractivity contribution in [1.82, 2.24) is 9.38 Å². The van der Waals surface area contributed by atoms with Crippen molar-refractivity contribution in [2.24, 2.45) is 5.73 Å². The molecule has 0 bridgehead atoms. The molecule has 0 radical (unpaired) electrons. The Labute approximate surface area is 160 Å². The molecule has 3 rings (SSSR count). The highest BCUT2D eigenvalue weighted by Gasteiger charge is 2.24. The van der Waals surface area contributed by atoms with Crippen molar-refractivity contribution in [2.45, 2.75) is 26.7 Å². The first-order chi connectivity index (χ1) is 13.3. The summed E-state index contributed by atoms with van der Waals surface area (Å²) in [5, 5.41) is 10.7. The highest BCUT2D eigenvalue weighted by molar-refractivity contribution is 5.99. The van der Waals surface area contributed by atoms with E-state index >= 15 is 0 Å². The topological polar surface area (TPSA) is 124 Å². The van der Waals surface area contributed by atoms with Gasteiger partial charge in [-0.05, 0) is 20.3 Å². The zero-order chi connectivity index (χ0) is 20.4. The molecule has 3 N–H and O–H groups in total. The van der Waals surface area contributed by atoms with Crippen LogP contribution in [0.1, 0.15) is 44.1 Å². The number of ketones is 1. The van der Waals surface area contributed by atoms with E-state index in [0.717, 1.165) is 0 Å². The number of Topliss-reactive ketones (excluding diaryl/α,β-unsaturated/α-hetero) is 1. The Kier molecular flexibility index (Phi) is 5.12. The van der Waals surface area contributed by atoms with E-state index in [9.17, 15) is 19.5 Å². The Hall–Kier alpha value is -3.68. The van der Waals surface area contributed by atoms with Crippen LogP contribution in [0.4, 0.5) is 4.79 Å². The van der Waals surface area contributed by atoms with Gasteiger partial charge in [0.2, 0.25) is 0 Å². The number of aryl methyl sites for hydroxylation is 2. The number of pyridine rings is 1. The van der Waals surface area contributed by atoms with Crippen LogP contribution in [0.5, 0.6) is 5.75 Å². The summed E-state index contributed by atoms with van der Waals surface area (Å²) in [5.41, 5.74) is 7.23. The van der Waals surface area contributed by atoms with Crippen molar-refractivity contribution in [1.29, 1.82) is 0 Å². The van der Waals surface area contributed by atoms with Crippen molar-refractivity contribution in [3.63, 3.8) is 0 Å². The Morgan fingerprint density at radius 1 is 1.18 bits per heavy atom. The summed E-state index contributed by atoms with van der Waals surface area (Å²) in [7, 11) is 0. The summed E-state index contributed by atoms with van der Waals surface area (Å²) >= 11 is 0. The van der Waals surface area contributed by atoms with Gasteiger partial charge >= 0.3 is 12.1 Å². The minimum atomic E-state index is -1.26. The van der Waals surface area contributed by atoms with Gasteiger partial charge in [-0.25, -0.2) is 14.6 Å². The zero-order valence-corrected chi connectivity index (χ0v) is 15.4. The number of hydrogen-bond donors (Lipinski definition) is 2. The third-order valence-electron chi connectivity index (χ3n) is 4.58. The maximum absolute atomic E-state index is 12.4. The lowest BCUT2D eigenvalue weighted by Crippen LogP contribution is -2.20. The van der Waals surface area contributed by atoms with Crippen molar-refractivity contribution >= 4 is 23.5 Å². The number of carbonyl (C=O) groups excluding carboxylic acids is 3. The molecule has 1 aromatic carbocycles. The number of carbonyl (C=O) groups is 3. The summed E-state index contributed by atoms with van der Waals surface area (Å²) in [5.74, 6) is -1.39. The number of ether oxygens (including phenoxy) is 1. The molecule has 0 saturated heterocycles. The monoisotopic (exact) mass is 381 g/mol. The molecule has 8 heteroatoms. The van der Waals surface area contributed by atoms with Crippen LogP contribution < -0.4 is 5.73 Å². The van der Waals surface area contributed by atoms with E-state index in [1.54, 1.807) is 44.2 Å². The molecule has 28 heavy (non-hydrogen) atoms. The quantitative estimate of drug-likeness (QED) is 0.398. The van der Waals surface area contributed by atoms with E-state index in [1.165, 1.54) is 10.6 Å². The average Bonchev–Trinajstić information content (AvgIpc) is 2.95. The second kappa shape index (κ2) is 7.51. The van der Waals surface area contributed by atoms with Crippen LogP contribution >= 0.6 is 0 Å². The van der Waals surface area contributed by atoms with Gasteiger partial charge in [0.1, 0.15) is 0 Å². The molecule has 3 aromatic rings. The predicted molar refractivity (Wildman–Crippen MR) is 100 cm³/mol. The Morgan fingerprint density at radius 3 is 2.50 bits per heavy atom. The molecule has 144 valence electrons. The number of primary amides is 1. The van der Waals surface area contributed by atoms with E-state index < -0.39 is 12.1 Å². The molecule has 0 saturated carbocycles. The lowest BCUT2D eigenvalue weighted by atomic mass is 9.99. The van der Waals surface area contributed by atoms with Gasteiger partial charge in [0.15, 0.2) is 17.2 Å². The summed E-state index contributed by atoms with van der Waals surface area (Å²) in [6.07, 6.45) is 0.278. The van der Waals surface area contributed by atoms with E-state index in [0.29, 0.717) is 17.0 Å². The molecule has 0 aliphatic heterocycles. The number of amides is 1. The second-order valence-corrected chi connectivity index (χ2v) is 6.34. The van der Waals surface area contributed by atoms with E-state index in [-0.39, 0.29) is 41.1 Å². The number of rotatable bonds is 5. The van der Waals surface area contributed by atoms with Crippen LogP contribution in [0.25, 0.3) is 5.65 Å². The molecule has 1 amide bonds. The molecule has 0 aliphatic rings. The number of aromatic hydroxyl groups is 1. The third-order valence-corrected chi connectivity index (χ3v) is 4.58. The number of aromatic nitrogens is 2. The summed E-state index contributed by atoms with van der Waals surface area (Å²) in [4.78, 5) is 40.1. The predicted octanol–water partition coefficient (Wildman–Crippen LogP) is 2.71. The maximum Gasteiger partial charge on any atom is 0.412 e. The van der Waals surface area contributed by atoms with E-state index in [1.807, 2.05) is 0 Å². The molecule has 0 spiro atoms. The average molecular weight is 381 g/mol. The van der Waals surface area contributed by atoms with Crippen molar-refractivity contribution < 1.29 is 24.2 Å². The van der Waals surface area contributed by atoms with Gasteiger partial charge in [-0.3, -0.25) is 4.79 Å². The van der Waals surface area contributed by atoms with Gasteiger partial charge in [0.05, 0.1) is 11.3 Å². The van der Waals surface area contributed by atoms with Gasteiger partial charge in [-0.15, -0.1) is 0 Å². The summed E-state index contributed by atoms with van der Waals surface area (Å²) < 4.78 is 6.02. The second-order valence-electron chi connectivity index (χ2n) is 6.34. The van der Waals surface area contributed by atoms with Crippen molar-refractivity contribution in [3.8, 4) is 5.75 Å². The fourth-order valence-corrected chi connectivity index (χ4v) is 3.00.